The number of thiazole rings is 1. The lowest BCUT2D eigenvalue weighted by Gasteiger charge is -2.32. The summed E-state index contributed by atoms with van der Waals surface area (Å²) in [4.78, 5) is 21.9. The molecule has 27 heavy (non-hydrogen) atoms. The normalized spacial score (nSPS) is 20.0. The average Bonchev–Trinajstić information content (AvgIpc) is 3.33. The van der Waals surface area contributed by atoms with Gasteiger partial charge >= 0.3 is 0 Å². The van der Waals surface area contributed by atoms with E-state index in [1.165, 1.54) is 0 Å². The van der Waals surface area contributed by atoms with Gasteiger partial charge in [0.15, 0.2) is 0 Å². The van der Waals surface area contributed by atoms with Gasteiger partial charge in [-0.2, -0.15) is 0 Å². The minimum absolute atomic E-state index is 0. The molecule has 1 amide bonds. The summed E-state index contributed by atoms with van der Waals surface area (Å²) in [6.07, 6.45) is 1.51. The first-order valence-electron chi connectivity index (χ1n) is 9.02. The van der Waals surface area contributed by atoms with Crippen molar-refractivity contribution in [2.75, 3.05) is 39.3 Å². The molecule has 3 heterocycles. The standard InChI is InChI=1S/C19H24N4OS.2ClH/c24-18(23-9-6-17(13-23)22-10-7-20-8-11-22)12-16-14-25-19(21-16)15-4-2-1-3-5-15;;/h1-5,14,17,20H,6-13H2;2*1H. The van der Waals surface area contributed by atoms with Crippen LogP contribution >= 0.6 is 36.2 Å². The van der Waals surface area contributed by atoms with Crippen molar-refractivity contribution >= 4 is 42.1 Å². The van der Waals surface area contributed by atoms with Crippen LogP contribution in [0, 0.1) is 0 Å². The predicted molar refractivity (Wildman–Crippen MR) is 115 cm³/mol. The Bertz CT molecular complexity index is 722. The van der Waals surface area contributed by atoms with Gasteiger partial charge in [0.1, 0.15) is 5.01 Å². The van der Waals surface area contributed by atoms with Crippen LogP contribution in [0.3, 0.4) is 0 Å². The number of hydrogen-bond donors (Lipinski definition) is 1. The Morgan fingerprint density at radius 3 is 2.63 bits per heavy atom. The van der Waals surface area contributed by atoms with Crippen molar-refractivity contribution in [1.82, 2.24) is 20.1 Å². The average molecular weight is 429 g/mol. The van der Waals surface area contributed by atoms with Crippen molar-refractivity contribution in [3.8, 4) is 10.6 Å². The summed E-state index contributed by atoms with van der Waals surface area (Å²) in [6.45, 7) is 6.06. The van der Waals surface area contributed by atoms with E-state index in [-0.39, 0.29) is 30.7 Å². The molecule has 2 aromatic rings. The lowest BCUT2D eigenvalue weighted by molar-refractivity contribution is -0.129. The second-order valence-corrected chi connectivity index (χ2v) is 7.61. The maximum absolute atomic E-state index is 12.6. The maximum atomic E-state index is 12.6. The van der Waals surface area contributed by atoms with E-state index in [2.05, 4.69) is 27.3 Å². The van der Waals surface area contributed by atoms with Gasteiger partial charge in [0.2, 0.25) is 5.91 Å². The molecule has 1 unspecified atom stereocenters. The zero-order valence-electron chi connectivity index (χ0n) is 15.2. The van der Waals surface area contributed by atoms with E-state index in [4.69, 9.17) is 0 Å². The Hall–Kier alpha value is -1.18. The Labute approximate surface area is 177 Å². The van der Waals surface area contributed by atoms with Crippen molar-refractivity contribution in [2.45, 2.75) is 18.9 Å². The topological polar surface area (TPSA) is 48.5 Å². The maximum Gasteiger partial charge on any atom is 0.228 e. The van der Waals surface area contributed by atoms with Gasteiger partial charge in [-0.05, 0) is 6.42 Å². The van der Waals surface area contributed by atoms with E-state index in [1.54, 1.807) is 11.3 Å². The van der Waals surface area contributed by atoms with Gasteiger partial charge in [0, 0.05) is 56.3 Å². The molecule has 5 nitrogen and oxygen atoms in total. The van der Waals surface area contributed by atoms with E-state index in [0.717, 1.165) is 62.0 Å². The van der Waals surface area contributed by atoms with Crippen LogP contribution in [0.15, 0.2) is 35.7 Å². The number of amides is 1. The largest absolute Gasteiger partial charge is 0.341 e. The molecule has 1 N–H and O–H groups in total. The molecule has 4 rings (SSSR count). The number of nitrogens with zero attached hydrogens (tertiary/aromatic N) is 3. The third kappa shape index (κ3) is 5.42. The van der Waals surface area contributed by atoms with Crippen LogP contribution < -0.4 is 5.32 Å². The highest BCUT2D eigenvalue weighted by atomic mass is 35.5. The molecule has 0 spiro atoms. The first kappa shape index (κ1) is 22.1. The molecule has 2 saturated heterocycles. The first-order chi connectivity index (χ1) is 12.3. The number of benzene rings is 1. The number of rotatable bonds is 4. The highest BCUT2D eigenvalue weighted by Crippen LogP contribution is 2.24. The van der Waals surface area contributed by atoms with E-state index in [9.17, 15) is 4.79 Å². The lowest BCUT2D eigenvalue weighted by Crippen LogP contribution is -2.49. The number of halogens is 2. The smallest absolute Gasteiger partial charge is 0.228 e. The fourth-order valence-electron chi connectivity index (χ4n) is 3.68. The van der Waals surface area contributed by atoms with E-state index in [0.29, 0.717) is 12.5 Å². The summed E-state index contributed by atoms with van der Waals surface area (Å²) in [5, 5.41) is 6.40. The summed E-state index contributed by atoms with van der Waals surface area (Å²) >= 11 is 1.61. The van der Waals surface area contributed by atoms with Crippen LogP contribution in [-0.4, -0.2) is 66.0 Å². The van der Waals surface area contributed by atoms with Gasteiger partial charge in [0.05, 0.1) is 12.1 Å². The molecular formula is C19H26Cl2N4OS. The van der Waals surface area contributed by atoms with Crippen molar-refractivity contribution in [2.24, 2.45) is 0 Å². The molecule has 1 aromatic heterocycles. The molecule has 2 aliphatic heterocycles. The molecule has 0 saturated carbocycles. The van der Waals surface area contributed by atoms with Crippen molar-refractivity contribution in [3.05, 3.63) is 41.4 Å². The van der Waals surface area contributed by atoms with Crippen molar-refractivity contribution in [3.63, 3.8) is 0 Å². The third-order valence-corrected chi connectivity index (χ3v) is 6.03. The molecule has 1 aromatic carbocycles. The molecule has 8 heteroatoms. The van der Waals surface area contributed by atoms with Crippen molar-refractivity contribution < 1.29 is 4.79 Å². The molecular weight excluding hydrogens is 403 g/mol. The van der Waals surface area contributed by atoms with Gasteiger partial charge in [-0.25, -0.2) is 4.98 Å². The molecule has 0 radical (unpaired) electrons. The Morgan fingerprint density at radius 1 is 1.15 bits per heavy atom. The van der Waals surface area contributed by atoms with Crippen molar-refractivity contribution in [1.29, 1.82) is 0 Å². The van der Waals surface area contributed by atoms with E-state index in [1.807, 2.05) is 28.5 Å². The fourth-order valence-corrected chi connectivity index (χ4v) is 4.51. The molecule has 1 atom stereocenters. The Kier molecular flexibility index (Phi) is 8.51. The monoisotopic (exact) mass is 428 g/mol. The van der Waals surface area contributed by atoms with Crippen LogP contribution in [0.25, 0.3) is 10.6 Å². The number of carbonyl (C=O) groups is 1. The SMILES string of the molecule is Cl.Cl.O=C(Cc1csc(-c2ccccc2)n1)N1CCC(N2CCNCC2)C1. The zero-order chi connectivity index (χ0) is 17.1. The van der Waals surface area contributed by atoms with Gasteiger partial charge in [-0.15, -0.1) is 36.2 Å². The highest BCUT2D eigenvalue weighted by Gasteiger charge is 2.31. The third-order valence-electron chi connectivity index (χ3n) is 5.09. The summed E-state index contributed by atoms with van der Waals surface area (Å²) in [5.41, 5.74) is 2.01. The number of aromatic nitrogens is 1. The minimum atomic E-state index is 0. The van der Waals surface area contributed by atoms with Crippen LogP contribution in [0.4, 0.5) is 0 Å². The Morgan fingerprint density at radius 2 is 1.89 bits per heavy atom. The summed E-state index contributed by atoms with van der Waals surface area (Å²) in [7, 11) is 0. The van der Waals surface area contributed by atoms with Crippen LogP contribution in [0.1, 0.15) is 12.1 Å². The van der Waals surface area contributed by atoms with Crippen LogP contribution in [0.5, 0.6) is 0 Å². The second-order valence-electron chi connectivity index (χ2n) is 6.76. The quantitative estimate of drug-likeness (QED) is 0.812. The number of likely N-dealkylation sites (tertiary alicyclic amines) is 1. The summed E-state index contributed by atoms with van der Waals surface area (Å²) in [6, 6.07) is 10.7. The highest BCUT2D eigenvalue weighted by molar-refractivity contribution is 7.13. The number of hydrogen-bond acceptors (Lipinski definition) is 5. The van der Waals surface area contributed by atoms with Crippen LogP contribution in [-0.2, 0) is 11.2 Å². The van der Waals surface area contributed by atoms with E-state index < -0.39 is 0 Å². The number of piperazine rings is 1. The number of carbonyl (C=O) groups excluding carboxylic acids is 1. The second kappa shape index (κ2) is 10.4. The molecule has 2 aliphatic rings. The van der Waals surface area contributed by atoms with Crippen LogP contribution in [0.2, 0.25) is 0 Å². The molecule has 0 bridgehead atoms. The summed E-state index contributed by atoms with van der Waals surface area (Å²) < 4.78 is 0. The molecule has 0 aliphatic carbocycles. The molecule has 2 fully saturated rings. The predicted octanol–water partition coefficient (Wildman–Crippen LogP) is 2.70. The van der Waals surface area contributed by atoms with Gasteiger partial charge in [0.25, 0.3) is 0 Å². The number of nitrogens with one attached hydrogen (secondary N) is 1. The molecule has 148 valence electrons. The van der Waals surface area contributed by atoms with Gasteiger partial charge < -0.3 is 10.2 Å². The minimum Gasteiger partial charge on any atom is -0.341 e. The Balaban J connectivity index is 0.00000131. The lowest BCUT2D eigenvalue weighted by atomic mass is 10.2. The fraction of sp³-hybridized carbons (Fsp3) is 0.474. The van der Waals surface area contributed by atoms with Gasteiger partial charge in [-0.1, -0.05) is 30.3 Å². The van der Waals surface area contributed by atoms with E-state index >= 15 is 0 Å². The first-order valence-corrected chi connectivity index (χ1v) is 9.90. The van der Waals surface area contributed by atoms with Gasteiger partial charge in [-0.3, -0.25) is 9.69 Å². The zero-order valence-corrected chi connectivity index (χ0v) is 17.6. The summed E-state index contributed by atoms with van der Waals surface area (Å²) in [5.74, 6) is 0.211.